The standard InChI is InChI=1S/C6H8O3/c1-3-5(7)4(2)6(8)9/h3,7H,1H2,2H3,(H,8,9)/b5-4-. The van der Waals surface area contributed by atoms with Gasteiger partial charge in [-0.15, -0.1) is 0 Å². The fourth-order valence-electron chi connectivity index (χ4n) is 0.263. The van der Waals surface area contributed by atoms with Crippen LogP contribution in [0.3, 0.4) is 0 Å². The Kier molecular flexibility index (Phi) is 2.51. The summed E-state index contributed by atoms with van der Waals surface area (Å²) in [5, 5.41) is 16.9. The molecule has 0 unspecified atom stereocenters. The van der Waals surface area contributed by atoms with Crippen molar-refractivity contribution in [1.82, 2.24) is 0 Å². The summed E-state index contributed by atoms with van der Waals surface area (Å²) in [6.45, 7) is 4.50. The Morgan fingerprint density at radius 3 is 2.11 bits per heavy atom. The molecule has 2 N–H and O–H groups in total. The van der Waals surface area contributed by atoms with Gasteiger partial charge in [-0.25, -0.2) is 4.79 Å². The van der Waals surface area contributed by atoms with E-state index in [1.165, 1.54) is 6.92 Å². The molecule has 0 radical (unpaired) electrons. The Morgan fingerprint density at radius 1 is 1.56 bits per heavy atom. The Hall–Kier alpha value is -1.25. The summed E-state index contributed by atoms with van der Waals surface area (Å²) in [5.41, 5.74) is -0.0926. The van der Waals surface area contributed by atoms with Crippen LogP contribution in [0.25, 0.3) is 0 Å². The lowest BCUT2D eigenvalue weighted by molar-refractivity contribution is -0.132. The van der Waals surface area contributed by atoms with Crippen molar-refractivity contribution < 1.29 is 15.0 Å². The van der Waals surface area contributed by atoms with Gasteiger partial charge >= 0.3 is 5.97 Å². The summed E-state index contributed by atoms with van der Waals surface area (Å²) in [6.07, 6.45) is 1.09. The lowest BCUT2D eigenvalue weighted by Crippen LogP contribution is -1.98. The molecule has 0 bridgehead atoms. The van der Waals surface area contributed by atoms with Gasteiger partial charge in [0.1, 0.15) is 5.76 Å². The van der Waals surface area contributed by atoms with Crippen LogP contribution in [0.5, 0.6) is 0 Å². The van der Waals surface area contributed by atoms with E-state index in [2.05, 4.69) is 6.58 Å². The van der Waals surface area contributed by atoms with Gasteiger partial charge in [0.2, 0.25) is 0 Å². The fraction of sp³-hybridized carbons (Fsp3) is 0.167. The molecule has 0 aromatic carbocycles. The molecule has 0 spiro atoms. The van der Waals surface area contributed by atoms with Crippen molar-refractivity contribution in [3.8, 4) is 0 Å². The first-order valence-corrected chi connectivity index (χ1v) is 2.35. The van der Waals surface area contributed by atoms with Gasteiger partial charge in [0.25, 0.3) is 0 Å². The van der Waals surface area contributed by atoms with Gasteiger partial charge in [-0.05, 0) is 13.0 Å². The monoisotopic (exact) mass is 128 g/mol. The smallest absolute Gasteiger partial charge is 0.335 e. The lowest BCUT2D eigenvalue weighted by Gasteiger charge is -1.92. The number of aliphatic carboxylic acids is 1. The summed E-state index contributed by atoms with van der Waals surface area (Å²) in [5.74, 6) is -1.42. The van der Waals surface area contributed by atoms with Gasteiger partial charge in [0, 0.05) is 0 Å². The van der Waals surface area contributed by atoms with Crippen molar-refractivity contribution in [2.45, 2.75) is 6.92 Å². The van der Waals surface area contributed by atoms with Gasteiger partial charge in [0.05, 0.1) is 5.57 Å². The summed E-state index contributed by atoms with van der Waals surface area (Å²) >= 11 is 0. The molecule has 3 heteroatoms. The molecule has 0 aliphatic carbocycles. The predicted molar refractivity (Wildman–Crippen MR) is 33.2 cm³/mol. The second-order valence-corrected chi connectivity index (χ2v) is 1.52. The van der Waals surface area contributed by atoms with Crippen molar-refractivity contribution in [2.24, 2.45) is 0 Å². The normalized spacial score (nSPS) is 12.1. The third-order valence-electron chi connectivity index (χ3n) is 0.898. The molecular formula is C6H8O3. The Balaban J connectivity index is 4.47. The van der Waals surface area contributed by atoms with Gasteiger partial charge in [-0.3, -0.25) is 0 Å². The van der Waals surface area contributed by atoms with E-state index in [-0.39, 0.29) is 11.3 Å². The SMILES string of the molecule is C=C/C(O)=C(\C)C(=O)O. The van der Waals surface area contributed by atoms with Crippen molar-refractivity contribution in [3.05, 3.63) is 24.0 Å². The second-order valence-electron chi connectivity index (χ2n) is 1.52. The van der Waals surface area contributed by atoms with Crippen LogP contribution in [0.15, 0.2) is 24.0 Å². The van der Waals surface area contributed by atoms with E-state index < -0.39 is 5.97 Å². The summed E-state index contributed by atoms with van der Waals surface area (Å²) < 4.78 is 0. The average Bonchev–Trinajstić information content (AvgIpc) is 1.84. The summed E-state index contributed by atoms with van der Waals surface area (Å²) in [6, 6.07) is 0. The first-order chi connectivity index (χ1) is 4.09. The third kappa shape index (κ3) is 1.99. The van der Waals surface area contributed by atoms with Crippen LogP contribution < -0.4 is 0 Å². The first kappa shape index (κ1) is 7.75. The number of rotatable bonds is 2. The highest BCUT2D eigenvalue weighted by Gasteiger charge is 2.03. The highest BCUT2D eigenvalue weighted by atomic mass is 16.4. The molecule has 0 aliphatic rings. The number of allylic oxidation sites excluding steroid dienone is 1. The van der Waals surface area contributed by atoms with Gasteiger partial charge < -0.3 is 10.2 Å². The number of aliphatic hydroxyl groups is 1. The lowest BCUT2D eigenvalue weighted by atomic mass is 10.2. The van der Waals surface area contributed by atoms with E-state index >= 15 is 0 Å². The molecular weight excluding hydrogens is 120 g/mol. The maximum atomic E-state index is 10.0. The zero-order valence-electron chi connectivity index (χ0n) is 5.09. The number of carboxylic acid groups (broad SMARTS) is 1. The quantitative estimate of drug-likeness (QED) is 0.332. The largest absolute Gasteiger partial charge is 0.507 e. The molecule has 0 saturated heterocycles. The Bertz CT molecular complexity index is 167. The Morgan fingerprint density at radius 2 is 2.00 bits per heavy atom. The van der Waals surface area contributed by atoms with E-state index in [1.807, 2.05) is 0 Å². The van der Waals surface area contributed by atoms with Crippen LogP contribution in [0.2, 0.25) is 0 Å². The van der Waals surface area contributed by atoms with Crippen LogP contribution in [-0.2, 0) is 4.79 Å². The molecule has 0 rings (SSSR count). The minimum atomic E-state index is -1.13. The van der Waals surface area contributed by atoms with Crippen molar-refractivity contribution >= 4 is 5.97 Å². The topological polar surface area (TPSA) is 57.5 Å². The number of hydrogen-bond acceptors (Lipinski definition) is 2. The van der Waals surface area contributed by atoms with E-state index in [0.717, 1.165) is 6.08 Å². The Labute approximate surface area is 52.9 Å². The van der Waals surface area contributed by atoms with Crippen molar-refractivity contribution in [1.29, 1.82) is 0 Å². The van der Waals surface area contributed by atoms with Crippen LogP contribution in [0.1, 0.15) is 6.92 Å². The second kappa shape index (κ2) is 2.91. The molecule has 9 heavy (non-hydrogen) atoms. The summed E-state index contributed by atoms with van der Waals surface area (Å²) in [7, 11) is 0. The molecule has 0 aromatic heterocycles. The number of carboxylic acids is 1. The van der Waals surface area contributed by atoms with Crippen LogP contribution in [-0.4, -0.2) is 16.2 Å². The van der Waals surface area contributed by atoms with Crippen molar-refractivity contribution in [2.75, 3.05) is 0 Å². The molecule has 0 fully saturated rings. The van der Waals surface area contributed by atoms with Gasteiger partial charge in [-0.1, -0.05) is 6.58 Å². The molecule has 3 nitrogen and oxygen atoms in total. The fourth-order valence-corrected chi connectivity index (χ4v) is 0.263. The number of carbonyl (C=O) groups is 1. The third-order valence-corrected chi connectivity index (χ3v) is 0.898. The van der Waals surface area contributed by atoms with Crippen LogP contribution in [0, 0.1) is 0 Å². The zero-order valence-corrected chi connectivity index (χ0v) is 5.09. The molecule has 0 aliphatic heterocycles. The van der Waals surface area contributed by atoms with Crippen molar-refractivity contribution in [3.63, 3.8) is 0 Å². The average molecular weight is 128 g/mol. The molecule has 0 heterocycles. The number of aliphatic hydroxyl groups excluding tert-OH is 1. The first-order valence-electron chi connectivity index (χ1n) is 2.35. The van der Waals surface area contributed by atoms with E-state index in [0.29, 0.717) is 0 Å². The minimum absolute atomic E-state index is 0.0926. The minimum Gasteiger partial charge on any atom is -0.507 e. The summed E-state index contributed by atoms with van der Waals surface area (Å²) in [4.78, 5) is 10.0. The van der Waals surface area contributed by atoms with Crippen LogP contribution >= 0.6 is 0 Å². The maximum Gasteiger partial charge on any atom is 0.335 e. The highest BCUT2D eigenvalue weighted by Crippen LogP contribution is 1.99. The molecule has 0 saturated carbocycles. The number of hydrogen-bond donors (Lipinski definition) is 2. The molecule has 0 atom stereocenters. The van der Waals surface area contributed by atoms with Gasteiger partial charge in [-0.2, -0.15) is 0 Å². The molecule has 0 amide bonds. The van der Waals surface area contributed by atoms with E-state index in [1.54, 1.807) is 0 Å². The maximum absolute atomic E-state index is 10.0. The van der Waals surface area contributed by atoms with Gasteiger partial charge in [0.15, 0.2) is 0 Å². The van der Waals surface area contributed by atoms with E-state index in [4.69, 9.17) is 10.2 Å². The van der Waals surface area contributed by atoms with Crippen LogP contribution in [0.4, 0.5) is 0 Å². The molecule has 0 aromatic rings. The zero-order chi connectivity index (χ0) is 7.44. The molecule has 50 valence electrons. The highest BCUT2D eigenvalue weighted by molar-refractivity contribution is 5.86. The van der Waals surface area contributed by atoms with E-state index in [9.17, 15) is 4.79 Å². The predicted octanol–water partition coefficient (Wildman–Crippen LogP) is 1.09.